The van der Waals surface area contributed by atoms with Crippen molar-refractivity contribution in [3.05, 3.63) is 62.1 Å². The number of aromatic hydroxyl groups is 1. The summed E-state index contributed by atoms with van der Waals surface area (Å²) >= 11 is 0. The number of fused-ring (bicyclic) bond motifs is 1. The molecule has 0 fully saturated rings. The normalized spacial score (nSPS) is 11.0. The van der Waals surface area contributed by atoms with Crippen molar-refractivity contribution in [1.82, 2.24) is 4.57 Å². The lowest BCUT2D eigenvalue weighted by Gasteiger charge is -2.14. The molecule has 2 heterocycles. The molecule has 0 aliphatic rings. The predicted molar refractivity (Wildman–Crippen MR) is 103 cm³/mol. The van der Waals surface area contributed by atoms with Gasteiger partial charge in [0.2, 0.25) is 11.7 Å². The number of ketones is 1. The van der Waals surface area contributed by atoms with E-state index in [0.29, 0.717) is 11.1 Å². The minimum atomic E-state index is -0.664. The van der Waals surface area contributed by atoms with E-state index in [1.807, 2.05) is 31.2 Å². The van der Waals surface area contributed by atoms with Crippen molar-refractivity contribution in [2.24, 2.45) is 0 Å². The van der Waals surface area contributed by atoms with E-state index in [1.54, 1.807) is 6.92 Å². The molecule has 0 amide bonds. The molecule has 28 heavy (non-hydrogen) atoms. The first-order valence-electron chi connectivity index (χ1n) is 8.71. The summed E-state index contributed by atoms with van der Waals surface area (Å²) in [5, 5.41) is 20.9. The predicted octanol–water partition coefficient (Wildman–Crippen LogP) is 2.97. The van der Waals surface area contributed by atoms with E-state index in [4.69, 9.17) is 9.15 Å². The van der Waals surface area contributed by atoms with Gasteiger partial charge in [0.15, 0.2) is 5.76 Å². The average Bonchev–Trinajstić information content (AvgIpc) is 2.97. The quantitative estimate of drug-likeness (QED) is 0.682. The Hall–Kier alpha value is -3.37. The lowest BCUT2D eigenvalue weighted by Crippen LogP contribution is -2.28. The average molecular weight is 380 g/mol. The summed E-state index contributed by atoms with van der Waals surface area (Å²) in [5.74, 6) is -1.01. The summed E-state index contributed by atoms with van der Waals surface area (Å²) in [6.07, 6.45) is 0. The Kier molecular flexibility index (Phi) is 5.08. The van der Waals surface area contributed by atoms with Crippen molar-refractivity contribution in [1.29, 1.82) is 5.26 Å². The maximum absolute atomic E-state index is 13.3. The lowest BCUT2D eigenvalue weighted by molar-refractivity contribution is 0.100. The number of furan rings is 1. The van der Waals surface area contributed by atoms with Crippen LogP contribution in [0.1, 0.15) is 38.4 Å². The second-order valence-electron chi connectivity index (χ2n) is 6.64. The Labute approximate surface area is 161 Å². The SMILES string of the molecule is COCCn1c(O)c(C(=O)c2oc3cc(C)ccc3c2C)c(C)c(C#N)c1=O. The minimum absolute atomic E-state index is 0.00864. The van der Waals surface area contributed by atoms with Gasteiger partial charge in [-0.3, -0.25) is 14.2 Å². The van der Waals surface area contributed by atoms with E-state index in [9.17, 15) is 20.0 Å². The first-order chi connectivity index (χ1) is 13.3. The molecular weight excluding hydrogens is 360 g/mol. The van der Waals surface area contributed by atoms with Gasteiger partial charge in [-0.2, -0.15) is 5.26 Å². The van der Waals surface area contributed by atoms with E-state index in [1.165, 1.54) is 14.0 Å². The maximum atomic E-state index is 13.3. The third-order valence-corrected chi connectivity index (χ3v) is 4.85. The molecule has 0 bridgehead atoms. The number of benzene rings is 1. The molecule has 0 saturated carbocycles. The fourth-order valence-electron chi connectivity index (χ4n) is 3.28. The Morgan fingerprint density at radius 1 is 1.29 bits per heavy atom. The number of carbonyl (C=O) groups excluding carboxylic acids is 1. The number of rotatable bonds is 5. The van der Waals surface area contributed by atoms with Crippen molar-refractivity contribution in [3.8, 4) is 11.9 Å². The number of hydrogen-bond acceptors (Lipinski definition) is 6. The van der Waals surface area contributed by atoms with E-state index in [-0.39, 0.29) is 35.6 Å². The van der Waals surface area contributed by atoms with Crippen LogP contribution in [0.4, 0.5) is 0 Å². The number of hydrogen-bond donors (Lipinski definition) is 1. The first kappa shape index (κ1) is 19.4. The van der Waals surface area contributed by atoms with Crippen LogP contribution in [0.3, 0.4) is 0 Å². The molecule has 7 nitrogen and oxygen atoms in total. The number of carbonyl (C=O) groups is 1. The fourth-order valence-corrected chi connectivity index (χ4v) is 3.28. The van der Waals surface area contributed by atoms with Gasteiger partial charge in [-0.15, -0.1) is 0 Å². The van der Waals surface area contributed by atoms with Crippen LogP contribution in [0.25, 0.3) is 11.0 Å². The number of aromatic nitrogens is 1. The third kappa shape index (κ3) is 2.98. The highest BCUT2D eigenvalue weighted by atomic mass is 16.5. The van der Waals surface area contributed by atoms with Crippen molar-refractivity contribution in [3.63, 3.8) is 0 Å². The molecule has 7 heteroatoms. The summed E-state index contributed by atoms with van der Waals surface area (Å²) in [6, 6.07) is 7.45. The highest BCUT2D eigenvalue weighted by Gasteiger charge is 2.28. The summed E-state index contributed by atoms with van der Waals surface area (Å²) in [5.41, 5.74) is 1.33. The molecule has 2 aromatic heterocycles. The molecule has 3 aromatic rings. The maximum Gasteiger partial charge on any atom is 0.271 e. The molecule has 0 aliphatic carbocycles. The monoisotopic (exact) mass is 380 g/mol. The molecule has 0 radical (unpaired) electrons. The van der Waals surface area contributed by atoms with Crippen molar-refractivity contribution < 1.29 is 19.1 Å². The zero-order valence-electron chi connectivity index (χ0n) is 16.1. The molecule has 0 unspecified atom stereocenters. The van der Waals surface area contributed by atoms with Crippen molar-refractivity contribution in [2.45, 2.75) is 27.3 Å². The summed E-state index contributed by atoms with van der Waals surface area (Å²) in [4.78, 5) is 25.8. The number of pyridine rings is 1. The van der Waals surface area contributed by atoms with Crippen LogP contribution in [-0.4, -0.2) is 29.2 Å². The molecule has 0 spiro atoms. The number of aryl methyl sites for hydroxylation is 2. The summed E-state index contributed by atoms with van der Waals surface area (Å²) in [6.45, 7) is 5.29. The number of nitrogens with zero attached hydrogens (tertiary/aromatic N) is 2. The molecule has 3 rings (SSSR count). The van der Waals surface area contributed by atoms with Crippen molar-refractivity contribution >= 4 is 16.8 Å². The van der Waals surface area contributed by atoms with Crippen molar-refractivity contribution in [2.75, 3.05) is 13.7 Å². The first-order valence-corrected chi connectivity index (χ1v) is 8.71. The molecule has 0 atom stereocenters. The largest absolute Gasteiger partial charge is 0.494 e. The Bertz CT molecular complexity index is 1190. The summed E-state index contributed by atoms with van der Waals surface area (Å²) in [7, 11) is 1.45. The third-order valence-electron chi connectivity index (χ3n) is 4.85. The van der Waals surface area contributed by atoms with E-state index in [2.05, 4.69) is 0 Å². The van der Waals surface area contributed by atoms with Gasteiger partial charge in [0.05, 0.1) is 18.7 Å². The van der Waals surface area contributed by atoms with E-state index in [0.717, 1.165) is 15.5 Å². The molecule has 0 saturated heterocycles. The van der Waals surface area contributed by atoms with E-state index >= 15 is 0 Å². The van der Waals surface area contributed by atoms with Crippen LogP contribution in [-0.2, 0) is 11.3 Å². The topological polar surface area (TPSA) is 105 Å². The molecule has 144 valence electrons. The van der Waals surface area contributed by atoms with Gasteiger partial charge in [-0.1, -0.05) is 12.1 Å². The number of ether oxygens (including phenoxy) is 1. The second kappa shape index (κ2) is 7.33. The highest BCUT2D eigenvalue weighted by molar-refractivity contribution is 6.12. The fraction of sp³-hybridized carbons (Fsp3) is 0.286. The van der Waals surface area contributed by atoms with Gasteiger partial charge >= 0.3 is 0 Å². The van der Waals surface area contributed by atoms with Crippen LogP contribution < -0.4 is 5.56 Å². The van der Waals surface area contributed by atoms with Crippen LogP contribution in [0, 0.1) is 32.1 Å². The molecule has 1 aromatic carbocycles. The smallest absolute Gasteiger partial charge is 0.271 e. The van der Waals surface area contributed by atoms with Crippen LogP contribution in [0.5, 0.6) is 5.88 Å². The van der Waals surface area contributed by atoms with Gasteiger partial charge in [0, 0.05) is 18.1 Å². The zero-order chi connectivity index (χ0) is 20.6. The van der Waals surface area contributed by atoms with E-state index < -0.39 is 17.2 Å². The van der Waals surface area contributed by atoms with Crippen LogP contribution in [0.15, 0.2) is 27.4 Å². The Morgan fingerprint density at radius 2 is 2.00 bits per heavy atom. The van der Waals surface area contributed by atoms with Gasteiger partial charge in [-0.25, -0.2) is 0 Å². The zero-order valence-corrected chi connectivity index (χ0v) is 16.1. The van der Waals surface area contributed by atoms with Gasteiger partial charge in [0.25, 0.3) is 5.56 Å². The highest BCUT2D eigenvalue weighted by Crippen LogP contribution is 2.31. The van der Waals surface area contributed by atoms with Gasteiger partial charge < -0.3 is 14.3 Å². The second-order valence-corrected chi connectivity index (χ2v) is 6.64. The van der Waals surface area contributed by atoms with Crippen LogP contribution >= 0.6 is 0 Å². The number of methoxy groups -OCH3 is 1. The lowest BCUT2D eigenvalue weighted by atomic mass is 9.98. The molecule has 0 aliphatic heterocycles. The number of nitriles is 1. The molecular formula is C21H20N2O5. The Morgan fingerprint density at radius 3 is 2.64 bits per heavy atom. The molecule has 1 N–H and O–H groups in total. The van der Waals surface area contributed by atoms with Gasteiger partial charge in [0.1, 0.15) is 17.2 Å². The standard InChI is InChI=1S/C21H20N2O5/c1-11-5-6-14-13(3)19(28-16(14)9-11)18(24)17-12(2)15(10-22)20(25)23(21(17)26)7-8-27-4/h5-6,9,26H,7-8H2,1-4H3. The summed E-state index contributed by atoms with van der Waals surface area (Å²) < 4.78 is 11.7. The Balaban J connectivity index is 2.26. The minimum Gasteiger partial charge on any atom is -0.494 e. The van der Waals surface area contributed by atoms with Gasteiger partial charge in [-0.05, 0) is 38.0 Å². The van der Waals surface area contributed by atoms with Crippen LogP contribution in [0.2, 0.25) is 0 Å².